The third kappa shape index (κ3) is 4.40. The summed E-state index contributed by atoms with van der Waals surface area (Å²) in [7, 11) is 0. The summed E-state index contributed by atoms with van der Waals surface area (Å²) in [5.74, 6) is -1.57. The van der Waals surface area contributed by atoms with E-state index in [-0.39, 0.29) is 31.8 Å². The molecule has 0 bridgehead atoms. The highest BCUT2D eigenvalue weighted by molar-refractivity contribution is 9.10. The Bertz CT molecular complexity index is 566. The molecule has 0 radical (unpaired) electrons. The SMILES string of the molecule is O=C(CC1CCN(c2ncc(Br)cn2)CC1)N1CCC(F)(F)CC1. The Morgan fingerprint density at radius 3 is 2.33 bits per heavy atom. The van der Waals surface area contributed by atoms with Crippen molar-refractivity contribution in [1.29, 1.82) is 0 Å². The molecule has 0 aliphatic carbocycles. The Kier molecular flexibility index (Phi) is 5.32. The van der Waals surface area contributed by atoms with Crippen LogP contribution in [0.5, 0.6) is 0 Å². The quantitative estimate of drug-likeness (QED) is 0.779. The van der Waals surface area contributed by atoms with Gasteiger partial charge in [0.05, 0.1) is 4.47 Å². The molecular formula is C16H21BrF2N4O. The number of hydrogen-bond acceptors (Lipinski definition) is 4. The second-order valence-electron chi connectivity index (χ2n) is 6.57. The molecule has 2 saturated heterocycles. The van der Waals surface area contributed by atoms with Crippen LogP contribution in [0.25, 0.3) is 0 Å². The normalized spacial score (nSPS) is 21.8. The van der Waals surface area contributed by atoms with Crippen LogP contribution in [0.1, 0.15) is 32.1 Å². The largest absolute Gasteiger partial charge is 0.342 e. The standard InChI is InChI=1S/C16H21BrF2N4O/c17-13-10-20-15(21-11-13)23-5-1-12(2-6-23)9-14(24)22-7-3-16(18,19)4-8-22/h10-12H,1-9H2. The summed E-state index contributed by atoms with van der Waals surface area (Å²) >= 11 is 3.32. The van der Waals surface area contributed by atoms with Gasteiger partial charge in [-0.2, -0.15) is 0 Å². The number of alkyl halides is 2. The van der Waals surface area contributed by atoms with Crippen molar-refractivity contribution in [1.82, 2.24) is 14.9 Å². The molecule has 0 unspecified atom stereocenters. The van der Waals surface area contributed by atoms with E-state index >= 15 is 0 Å². The van der Waals surface area contributed by atoms with E-state index in [4.69, 9.17) is 0 Å². The number of anilines is 1. The molecule has 1 aromatic heterocycles. The van der Waals surface area contributed by atoms with Gasteiger partial charge in [-0.05, 0) is 34.7 Å². The van der Waals surface area contributed by atoms with E-state index in [1.807, 2.05) is 0 Å². The van der Waals surface area contributed by atoms with E-state index in [1.165, 1.54) is 0 Å². The molecule has 0 spiro atoms. The number of aromatic nitrogens is 2. The summed E-state index contributed by atoms with van der Waals surface area (Å²) in [6.07, 6.45) is 5.29. The number of hydrogen-bond donors (Lipinski definition) is 0. The van der Waals surface area contributed by atoms with Gasteiger partial charge in [0.2, 0.25) is 11.9 Å². The van der Waals surface area contributed by atoms with Gasteiger partial charge in [-0.1, -0.05) is 0 Å². The third-order valence-corrected chi connectivity index (χ3v) is 5.22. The van der Waals surface area contributed by atoms with Crippen molar-refractivity contribution in [2.45, 2.75) is 38.0 Å². The second kappa shape index (κ2) is 7.29. The van der Waals surface area contributed by atoms with E-state index in [9.17, 15) is 13.6 Å². The number of amides is 1. The van der Waals surface area contributed by atoms with Crippen LogP contribution in [-0.2, 0) is 4.79 Å². The molecule has 2 aliphatic rings. The topological polar surface area (TPSA) is 49.3 Å². The number of likely N-dealkylation sites (tertiary alicyclic amines) is 1. The monoisotopic (exact) mass is 402 g/mol. The maximum atomic E-state index is 13.2. The van der Waals surface area contributed by atoms with Gasteiger partial charge in [-0.25, -0.2) is 18.7 Å². The Hall–Kier alpha value is -1.31. The van der Waals surface area contributed by atoms with Crippen LogP contribution in [0, 0.1) is 5.92 Å². The van der Waals surface area contributed by atoms with Gasteiger partial charge in [0, 0.05) is 57.8 Å². The molecule has 24 heavy (non-hydrogen) atoms. The smallest absolute Gasteiger partial charge is 0.251 e. The predicted molar refractivity (Wildman–Crippen MR) is 90.0 cm³/mol. The van der Waals surface area contributed by atoms with Gasteiger partial charge in [0.25, 0.3) is 5.92 Å². The summed E-state index contributed by atoms with van der Waals surface area (Å²) in [6, 6.07) is 0. The number of halogens is 3. The maximum Gasteiger partial charge on any atom is 0.251 e. The van der Waals surface area contributed by atoms with Crippen LogP contribution in [0.15, 0.2) is 16.9 Å². The second-order valence-corrected chi connectivity index (χ2v) is 7.49. The summed E-state index contributed by atoms with van der Waals surface area (Å²) in [5.41, 5.74) is 0. The van der Waals surface area contributed by atoms with E-state index in [1.54, 1.807) is 17.3 Å². The Balaban J connectivity index is 1.45. The first-order valence-corrected chi connectivity index (χ1v) is 9.10. The first kappa shape index (κ1) is 17.5. The average Bonchev–Trinajstić information content (AvgIpc) is 2.56. The van der Waals surface area contributed by atoms with Gasteiger partial charge < -0.3 is 9.80 Å². The fourth-order valence-corrected chi connectivity index (χ4v) is 3.47. The number of piperidine rings is 2. The molecule has 0 aromatic carbocycles. The zero-order chi connectivity index (χ0) is 17.2. The average molecular weight is 403 g/mol. The third-order valence-electron chi connectivity index (χ3n) is 4.82. The minimum absolute atomic E-state index is 0.0174. The van der Waals surface area contributed by atoms with E-state index in [2.05, 4.69) is 30.8 Å². The summed E-state index contributed by atoms with van der Waals surface area (Å²) in [4.78, 5) is 24.6. The van der Waals surface area contributed by atoms with Crippen molar-refractivity contribution < 1.29 is 13.6 Å². The number of nitrogens with zero attached hydrogens (tertiary/aromatic N) is 4. The van der Waals surface area contributed by atoms with E-state index < -0.39 is 5.92 Å². The molecule has 3 heterocycles. The van der Waals surface area contributed by atoms with Gasteiger partial charge in [-0.3, -0.25) is 4.79 Å². The molecule has 2 aliphatic heterocycles. The predicted octanol–water partition coefficient (Wildman–Crippen LogP) is 3.10. The molecule has 1 amide bonds. The summed E-state index contributed by atoms with van der Waals surface area (Å²) < 4.78 is 27.2. The Labute approximate surface area is 148 Å². The fraction of sp³-hybridized carbons (Fsp3) is 0.688. The lowest BCUT2D eigenvalue weighted by Crippen LogP contribution is -2.44. The molecule has 0 N–H and O–H groups in total. The van der Waals surface area contributed by atoms with E-state index in [0.717, 1.165) is 30.4 Å². The van der Waals surface area contributed by atoms with Gasteiger partial charge >= 0.3 is 0 Å². The first-order valence-electron chi connectivity index (χ1n) is 8.31. The summed E-state index contributed by atoms with van der Waals surface area (Å²) in [5, 5.41) is 0. The number of rotatable bonds is 3. The van der Waals surface area contributed by atoms with Crippen molar-refractivity contribution in [2.24, 2.45) is 5.92 Å². The Morgan fingerprint density at radius 2 is 1.75 bits per heavy atom. The molecule has 1 aromatic rings. The van der Waals surface area contributed by atoms with Gasteiger partial charge in [-0.15, -0.1) is 0 Å². The fourth-order valence-electron chi connectivity index (χ4n) is 3.27. The maximum absolute atomic E-state index is 13.2. The zero-order valence-electron chi connectivity index (χ0n) is 13.4. The highest BCUT2D eigenvalue weighted by atomic mass is 79.9. The van der Waals surface area contributed by atoms with Crippen molar-refractivity contribution in [2.75, 3.05) is 31.1 Å². The molecule has 0 saturated carbocycles. The van der Waals surface area contributed by atoms with Crippen LogP contribution in [0.3, 0.4) is 0 Å². The van der Waals surface area contributed by atoms with Crippen molar-refractivity contribution in [3.63, 3.8) is 0 Å². The van der Waals surface area contributed by atoms with Crippen molar-refractivity contribution in [3.05, 3.63) is 16.9 Å². The lowest BCUT2D eigenvalue weighted by atomic mass is 9.92. The van der Waals surface area contributed by atoms with Gasteiger partial charge in [0.1, 0.15) is 0 Å². The lowest BCUT2D eigenvalue weighted by molar-refractivity contribution is -0.138. The van der Waals surface area contributed by atoms with Crippen LogP contribution in [0.4, 0.5) is 14.7 Å². The highest BCUT2D eigenvalue weighted by Crippen LogP contribution is 2.29. The molecular weight excluding hydrogens is 382 g/mol. The molecule has 3 rings (SSSR count). The Morgan fingerprint density at radius 1 is 1.17 bits per heavy atom. The summed E-state index contributed by atoms with van der Waals surface area (Å²) in [6.45, 7) is 1.99. The van der Waals surface area contributed by atoms with Crippen molar-refractivity contribution in [3.8, 4) is 0 Å². The number of carbonyl (C=O) groups excluding carboxylic acids is 1. The van der Waals surface area contributed by atoms with Crippen LogP contribution in [0.2, 0.25) is 0 Å². The van der Waals surface area contributed by atoms with E-state index in [0.29, 0.717) is 18.3 Å². The van der Waals surface area contributed by atoms with Crippen LogP contribution >= 0.6 is 15.9 Å². The molecule has 0 atom stereocenters. The van der Waals surface area contributed by atoms with Crippen LogP contribution < -0.4 is 4.90 Å². The van der Waals surface area contributed by atoms with Gasteiger partial charge in [0.15, 0.2) is 0 Å². The minimum atomic E-state index is -2.60. The molecule has 5 nitrogen and oxygen atoms in total. The van der Waals surface area contributed by atoms with Crippen LogP contribution in [-0.4, -0.2) is 52.9 Å². The first-order chi connectivity index (χ1) is 11.4. The van der Waals surface area contributed by atoms with Crippen molar-refractivity contribution >= 4 is 27.8 Å². The molecule has 2 fully saturated rings. The molecule has 8 heteroatoms. The highest BCUT2D eigenvalue weighted by Gasteiger charge is 2.36. The number of carbonyl (C=O) groups is 1. The molecule has 132 valence electrons. The zero-order valence-corrected chi connectivity index (χ0v) is 15.0. The minimum Gasteiger partial charge on any atom is -0.342 e. The lowest BCUT2D eigenvalue weighted by Gasteiger charge is -2.35.